The van der Waals surface area contributed by atoms with Crippen molar-refractivity contribution < 1.29 is 14.3 Å². The van der Waals surface area contributed by atoms with E-state index in [1.807, 2.05) is 25.5 Å². The SMILES string of the molecule is COC(=O)Nc1cccc(NC(=O)NC[C@H](c2cccs2)N(C)C)c1. The fourth-order valence-electron chi connectivity index (χ4n) is 2.23. The highest BCUT2D eigenvalue weighted by Crippen LogP contribution is 2.22. The number of carbonyl (C=O) groups excluding carboxylic acids is 2. The molecule has 0 bridgehead atoms. The predicted octanol–water partition coefficient (Wildman–Crippen LogP) is 3.35. The van der Waals surface area contributed by atoms with E-state index in [0.717, 1.165) is 0 Å². The molecule has 0 unspecified atom stereocenters. The summed E-state index contributed by atoms with van der Waals surface area (Å²) >= 11 is 1.66. The van der Waals surface area contributed by atoms with Gasteiger partial charge in [-0.1, -0.05) is 12.1 Å². The number of thiophene rings is 1. The predicted molar refractivity (Wildman–Crippen MR) is 100 cm³/mol. The molecule has 0 aliphatic carbocycles. The van der Waals surface area contributed by atoms with Gasteiger partial charge in [0, 0.05) is 22.8 Å². The molecule has 0 saturated carbocycles. The van der Waals surface area contributed by atoms with E-state index >= 15 is 0 Å². The van der Waals surface area contributed by atoms with Gasteiger partial charge in [-0.05, 0) is 43.7 Å². The zero-order valence-electron chi connectivity index (χ0n) is 14.4. The maximum atomic E-state index is 12.1. The van der Waals surface area contributed by atoms with Crippen molar-refractivity contribution in [2.45, 2.75) is 6.04 Å². The Morgan fingerprint density at radius 2 is 1.88 bits per heavy atom. The minimum atomic E-state index is -0.564. The number of amides is 3. The molecule has 3 N–H and O–H groups in total. The fourth-order valence-corrected chi connectivity index (χ4v) is 3.15. The zero-order valence-corrected chi connectivity index (χ0v) is 15.2. The summed E-state index contributed by atoms with van der Waals surface area (Å²) in [6, 6.07) is 10.7. The number of hydrogen-bond acceptors (Lipinski definition) is 5. The van der Waals surface area contributed by atoms with E-state index in [4.69, 9.17) is 0 Å². The van der Waals surface area contributed by atoms with Crippen molar-refractivity contribution in [2.75, 3.05) is 38.4 Å². The lowest BCUT2D eigenvalue weighted by molar-refractivity contribution is 0.187. The van der Waals surface area contributed by atoms with Crippen LogP contribution in [0.2, 0.25) is 0 Å². The molecule has 0 aliphatic heterocycles. The smallest absolute Gasteiger partial charge is 0.411 e. The Morgan fingerprint density at radius 3 is 2.48 bits per heavy atom. The van der Waals surface area contributed by atoms with Crippen LogP contribution in [-0.4, -0.2) is 44.8 Å². The van der Waals surface area contributed by atoms with Crippen molar-refractivity contribution in [2.24, 2.45) is 0 Å². The number of anilines is 2. The quantitative estimate of drug-likeness (QED) is 0.736. The van der Waals surface area contributed by atoms with Crippen LogP contribution < -0.4 is 16.0 Å². The largest absolute Gasteiger partial charge is 0.453 e. The minimum absolute atomic E-state index is 0.109. The van der Waals surface area contributed by atoms with Gasteiger partial charge in [0.05, 0.1) is 13.2 Å². The van der Waals surface area contributed by atoms with Gasteiger partial charge in [0.2, 0.25) is 0 Å². The highest BCUT2D eigenvalue weighted by molar-refractivity contribution is 7.10. The summed E-state index contributed by atoms with van der Waals surface area (Å²) in [6.45, 7) is 0.486. The second-order valence-electron chi connectivity index (χ2n) is 5.53. The highest BCUT2D eigenvalue weighted by atomic mass is 32.1. The summed E-state index contributed by atoms with van der Waals surface area (Å²) in [6.07, 6.45) is -0.564. The van der Waals surface area contributed by atoms with Crippen LogP contribution in [0.25, 0.3) is 0 Å². The molecule has 3 amide bonds. The van der Waals surface area contributed by atoms with E-state index in [0.29, 0.717) is 17.9 Å². The van der Waals surface area contributed by atoms with Crippen LogP contribution in [0.5, 0.6) is 0 Å². The number of rotatable bonds is 6. The third-order valence-electron chi connectivity index (χ3n) is 3.50. The van der Waals surface area contributed by atoms with Crippen LogP contribution >= 0.6 is 11.3 Å². The Morgan fingerprint density at radius 1 is 1.16 bits per heavy atom. The van der Waals surface area contributed by atoms with Gasteiger partial charge < -0.3 is 20.3 Å². The average Bonchev–Trinajstić information content (AvgIpc) is 3.09. The molecule has 0 fully saturated rings. The molecular weight excluding hydrogens is 340 g/mol. The van der Waals surface area contributed by atoms with Gasteiger partial charge in [0.25, 0.3) is 0 Å². The van der Waals surface area contributed by atoms with Crippen LogP contribution in [-0.2, 0) is 4.74 Å². The standard InChI is InChI=1S/C17H22N4O3S/c1-21(2)14(15-8-5-9-25-15)11-18-16(22)19-12-6-4-7-13(10-12)20-17(23)24-3/h4-10,14H,11H2,1-3H3,(H,20,23)(H2,18,19,22)/t14-/m1/s1. The highest BCUT2D eigenvalue weighted by Gasteiger charge is 2.16. The number of nitrogens with zero attached hydrogens (tertiary/aromatic N) is 1. The van der Waals surface area contributed by atoms with Gasteiger partial charge in [0.1, 0.15) is 0 Å². The van der Waals surface area contributed by atoms with Gasteiger partial charge in [-0.2, -0.15) is 0 Å². The monoisotopic (exact) mass is 362 g/mol. The summed E-state index contributed by atoms with van der Waals surface area (Å²) < 4.78 is 4.54. The Bertz CT molecular complexity index is 704. The van der Waals surface area contributed by atoms with Crippen LogP contribution in [0, 0.1) is 0 Å². The van der Waals surface area contributed by atoms with Gasteiger partial charge in [-0.3, -0.25) is 5.32 Å². The first-order chi connectivity index (χ1) is 12.0. The Kier molecular flexibility index (Phi) is 6.79. The number of nitrogens with one attached hydrogen (secondary N) is 3. The summed E-state index contributed by atoms with van der Waals surface area (Å²) in [4.78, 5) is 26.6. The van der Waals surface area contributed by atoms with Crippen LogP contribution in [0.3, 0.4) is 0 Å². The summed E-state index contributed by atoms with van der Waals surface area (Å²) in [7, 11) is 5.25. The first kappa shape index (κ1) is 18.8. The summed E-state index contributed by atoms with van der Waals surface area (Å²) in [5.74, 6) is 0. The molecule has 1 heterocycles. The fraction of sp³-hybridized carbons (Fsp3) is 0.294. The molecule has 0 spiro atoms. The van der Waals surface area contributed by atoms with E-state index in [-0.39, 0.29) is 12.1 Å². The molecule has 1 atom stereocenters. The number of ether oxygens (including phenoxy) is 1. The molecule has 0 aliphatic rings. The molecule has 8 heteroatoms. The van der Waals surface area contributed by atoms with E-state index in [2.05, 4.69) is 31.7 Å². The second kappa shape index (κ2) is 9.05. The average molecular weight is 362 g/mol. The topological polar surface area (TPSA) is 82.7 Å². The number of methoxy groups -OCH3 is 1. The lowest BCUT2D eigenvalue weighted by atomic mass is 10.2. The van der Waals surface area contributed by atoms with Crippen LogP contribution in [0.4, 0.5) is 21.0 Å². The number of urea groups is 1. The zero-order chi connectivity index (χ0) is 18.2. The van der Waals surface area contributed by atoms with E-state index in [1.165, 1.54) is 12.0 Å². The lowest BCUT2D eigenvalue weighted by Crippen LogP contribution is -2.36. The van der Waals surface area contributed by atoms with Crippen molar-refractivity contribution in [1.29, 1.82) is 0 Å². The Balaban J connectivity index is 1.91. The molecule has 134 valence electrons. The van der Waals surface area contributed by atoms with Crippen molar-refractivity contribution in [3.63, 3.8) is 0 Å². The van der Waals surface area contributed by atoms with Crippen LogP contribution in [0.15, 0.2) is 41.8 Å². The van der Waals surface area contributed by atoms with Gasteiger partial charge >= 0.3 is 12.1 Å². The molecule has 0 saturated heterocycles. The van der Waals surface area contributed by atoms with Crippen molar-refractivity contribution in [1.82, 2.24) is 10.2 Å². The van der Waals surface area contributed by atoms with Gasteiger partial charge in [-0.25, -0.2) is 9.59 Å². The molecule has 2 aromatic rings. The maximum Gasteiger partial charge on any atom is 0.411 e. The third-order valence-corrected chi connectivity index (χ3v) is 4.48. The second-order valence-corrected chi connectivity index (χ2v) is 6.51. The van der Waals surface area contributed by atoms with Crippen molar-refractivity contribution in [3.8, 4) is 0 Å². The molecule has 1 aromatic carbocycles. The molecule has 0 radical (unpaired) electrons. The molecule has 25 heavy (non-hydrogen) atoms. The number of hydrogen-bond donors (Lipinski definition) is 3. The molecule has 2 rings (SSSR count). The Hall–Kier alpha value is -2.58. The number of carbonyl (C=O) groups is 2. The maximum absolute atomic E-state index is 12.1. The van der Waals surface area contributed by atoms with Gasteiger partial charge in [0.15, 0.2) is 0 Å². The number of likely N-dealkylation sites (N-methyl/N-ethyl adjacent to an activating group) is 1. The molecule has 1 aromatic heterocycles. The number of benzene rings is 1. The third kappa shape index (κ3) is 5.77. The lowest BCUT2D eigenvalue weighted by Gasteiger charge is -2.23. The van der Waals surface area contributed by atoms with E-state index in [9.17, 15) is 9.59 Å². The Labute approximate surface area is 151 Å². The van der Waals surface area contributed by atoms with E-state index < -0.39 is 6.09 Å². The summed E-state index contributed by atoms with van der Waals surface area (Å²) in [5, 5.41) is 10.2. The minimum Gasteiger partial charge on any atom is -0.453 e. The summed E-state index contributed by atoms with van der Waals surface area (Å²) in [5.41, 5.74) is 1.11. The van der Waals surface area contributed by atoms with Crippen molar-refractivity contribution in [3.05, 3.63) is 46.7 Å². The van der Waals surface area contributed by atoms with Crippen molar-refractivity contribution >= 4 is 34.8 Å². The van der Waals surface area contributed by atoms with Crippen LogP contribution in [0.1, 0.15) is 10.9 Å². The first-order valence-electron chi connectivity index (χ1n) is 7.69. The van der Waals surface area contributed by atoms with E-state index in [1.54, 1.807) is 35.6 Å². The first-order valence-corrected chi connectivity index (χ1v) is 8.57. The normalized spacial score (nSPS) is 11.7. The van der Waals surface area contributed by atoms with Gasteiger partial charge in [-0.15, -0.1) is 11.3 Å². The molecular formula is C17H22N4O3S. The molecule has 7 nitrogen and oxygen atoms in total.